The number of rotatable bonds is 3. The zero-order chi connectivity index (χ0) is 13.5. The van der Waals surface area contributed by atoms with Crippen molar-refractivity contribution in [2.24, 2.45) is 11.7 Å². The van der Waals surface area contributed by atoms with Crippen molar-refractivity contribution in [2.75, 3.05) is 0 Å². The minimum absolute atomic E-state index is 0.296. The molecule has 110 valence electrons. The predicted octanol–water partition coefficient (Wildman–Crippen LogP) is 2.16. The van der Waals surface area contributed by atoms with E-state index >= 15 is 0 Å². The first-order valence-corrected chi connectivity index (χ1v) is 8.03. The molecule has 3 aliphatic rings. The molecule has 5 atom stereocenters. The van der Waals surface area contributed by atoms with Gasteiger partial charge in [0.2, 0.25) is 5.89 Å². The number of aromatic nitrogens is 2. The maximum atomic E-state index is 6.20. The highest BCUT2D eigenvalue weighted by molar-refractivity contribution is 5.07. The third-order valence-corrected chi connectivity index (χ3v) is 5.33. The van der Waals surface area contributed by atoms with Crippen molar-refractivity contribution >= 4 is 0 Å². The van der Waals surface area contributed by atoms with Crippen molar-refractivity contribution in [3.63, 3.8) is 0 Å². The summed E-state index contributed by atoms with van der Waals surface area (Å²) in [7, 11) is 0. The predicted molar refractivity (Wildman–Crippen MR) is 73.2 cm³/mol. The molecular formula is C15H23N3O2. The number of hydrogen-bond donors (Lipinski definition) is 1. The monoisotopic (exact) mass is 277 g/mol. The lowest BCUT2D eigenvalue weighted by molar-refractivity contribution is 0.0996. The Bertz CT molecular complexity index is 475. The van der Waals surface area contributed by atoms with Gasteiger partial charge in [-0.25, -0.2) is 0 Å². The normalized spacial score (nSPS) is 40.4. The zero-order valence-corrected chi connectivity index (χ0v) is 11.8. The van der Waals surface area contributed by atoms with Crippen LogP contribution in [-0.2, 0) is 11.2 Å². The molecule has 1 aromatic heterocycles. The number of nitrogens with two attached hydrogens (primary N) is 1. The summed E-state index contributed by atoms with van der Waals surface area (Å²) in [5.74, 6) is 2.49. The Hall–Kier alpha value is -0.940. The Labute approximate surface area is 119 Å². The molecule has 20 heavy (non-hydrogen) atoms. The van der Waals surface area contributed by atoms with E-state index in [0.29, 0.717) is 30.1 Å². The van der Waals surface area contributed by atoms with Gasteiger partial charge in [0.05, 0.1) is 18.1 Å². The van der Waals surface area contributed by atoms with E-state index in [1.54, 1.807) is 0 Å². The van der Waals surface area contributed by atoms with Crippen molar-refractivity contribution in [3.05, 3.63) is 11.7 Å². The molecule has 2 bridgehead atoms. The lowest BCUT2D eigenvalue weighted by Gasteiger charge is -2.27. The van der Waals surface area contributed by atoms with Crippen LogP contribution in [-0.4, -0.2) is 28.4 Å². The molecule has 2 aliphatic heterocycles. The van der Waals surface area contributed by atoms with Crippen LogP contribution in [0.5, 0.6) is 0 Å². The second-order valence-corrected chi connectivity index (χ2v) is 6.67. The lowest BCUT2D eigenvalue weighted by Crippen LogP contribution is -2.34. The average molecular weight is 277 g/mol. The number of fused-ring (bicyclic) bond motifs is 2. The van der Waals surface area contributed by atoms with Crippen molar-refractivity contribution in [1.29, 1.82) is 0 Å². The number of ether oxygens (including phenoxy) is 1. The van der Waals surface area contributed by atoms with E-state index in [0.717, 1.165) is 37.4 Å². The summed E-state index contributed by atoms with van der Waals surface area (Å²) in [6, 6.07) is 0.296. The quantitative estimate of drug-likeness (QED) is 0.916. The van der Waals surface area contributed by atoms with E-state index in [4.69, 9.17) is 15.0 Å². The Morgan fingerprint density at radius 2 is 2.05 bits per heavy atom. The van der Waals surface area contributed by atoms with E-state index < -0.39 is 0 Å². The highest BCUT2D eigenvalue weighted by Crippen LogP contribution is 2.43. The lowest BCUT2D eigenvalue weighted by atomic mass is 9.83. The Kier molecular flexibility index (Phi) is 3.27. The third kappa shape index (κ3) is 2.27. The van der Waals surface area contributed by atoms with Gasteiger partial charge in [-0.15, -0.1) is 0 Å². The largest absolute Gasteiger partial charge is 0.374 e. The highest BCUT2D eigenvalue weighted by atomic mass is 16.5. The molecule has 0 spiro atoms. The molecule has 4 rings (SSSR count). The van der Waals surface area contributed by atoms with Crippen molar-refractivity contribution in [1.82, 2.24) is 10.1 Å². The van der Waals surface area contributed by atoms with Gasteiger partial charge in [-0.2, -0.15) is 4.98 Å². The molecule has 2 N–H and O–H groups in total. The van der Waals surface area contributed by atoms with Crippen LogP contribution < -0.4 is 5.73 Å². The molecule has 5 heteroatoms. The fourth-order valence-electron chi connectivity index (χ4n) is 4.13. The summed E-state index contributed by atoms with van der Waals surface area (Å²) in [5.41, 5.74) is 6.20. The Balaban J connectivity index is 1.43. The molecule has 5 unspecified atom stereocenters. The van der Waals surface area contributed by atoms with Gasteiger partial charge in [0.15, 0.2) is 5.82 Å². The number of nitrogens with zero attached hydrogens (tertiary/aromatic N) is 2. The molecule has 0 amide bonds. The van der Waals surface area contributed by atoms with Crippen LogP contribution in [0, 0.1) is 5.92 Å². The van der Waals surface area contributed by atoms with Gasteiger partial charge in [-0.1, -0.05) is 18.0 Å². The molecule has 0 aromatic carbocycles. The van der Waals surface area contributed by atoms with Crippen molar-refractivity contribution < 1.29 is 9.26 Å². The minimum atomic E-state index is 0.296. The zero-order valence-electron chi connectivity index (χ0n) is 11.8. The van der Waals surface area contributed by atoms with Gasteiger partial charge in [0.25, 0.3) is 0 Å². The summed E-state index contributed by atoms with van der Waals surface area (Å²) >= 11 is 0. The molecule has 2 saturated heterocycles. The molecule has 5 nitrogen and oxygen atoms in total. The fraction of sp³-hybridized carbons (Fsp3) is 0.867. The average Bonchev–Trinajstić information content (AvgIpc) is 3.16. The molecule has 3 heterocycles. The molecule has 1 aromatic rings. The van der Waals surface area contributed by atoms with E-state index in [-0.39, 0.29) is 0 Å². The van der Waals surface area contributed by atoms with Gasteiger partial charge in [-0.3, -0.25) is 0 Å². The summed E-state index contributed by atoms with van der Waals surface area (Å²) in [6.07, 6.45) is 9.86. The van der Waals surface area contributed by atoms with Crippen LogP contribution in [0.25, 0.3) is 0 Å². The van der Waals surface area contributed by atoms with Crippen molar-refractivity contribution in [3.8, 4) is 0 Å². The topological polar surface area (TPSA) is 74.2 Å². The molecule has 1 aliphatic carbocycles. The van der Waals surface area contributed by atoms with Gasteiger partial charge < -0.3 is 15.0 Å². The number of hydrogen-bond acceptors (Lipinski definition) is 5. The van der Waals surface area contributed by atoms with E-state index in [1.165, 1.54) is 25.7 Å². The van der Waals surface area contributed by atoms with Gasteiger partial charge in [-0.05, 0) is 38.0 Å². The highest BCUT2D eigenvalue weighted by Gasteiger charge is 2.43. The van der Waals surface area contributed by atoms with Gasteiger partial charge in [0, 0.05) is 12.5 Å². The summed E-state index contributed by atoms with van der Waals surface area (Å²) in [6.45, 7) is 0. The third-order valence-electron chi connectivity index (χ3n) is 5.33. The van der Waals surface area contributed by atoms with Crippen LogP contribution in [0.1, 0.15) is 62.6 Å². The maximum Gasteiger partial charge on any atom is 0.226 e. The van der Waals surface area contributed by atoms with Crippen LogP contribution >= 0.6 is 0 Å². The molecule has 0 radical (unpaired) electrons. The van der Waals surface area contributed by atoms with E-state index in [9.17, 15) is 0 Å². The van der Waals surface area contributed by atoms with Crippen LogP contribution in [0.2, 0.25) is 0 Å². The van der Waals surface area contributed by atoms with Crippen molar-refractivity contribution in [2.45, 2.75) is 75.5 Å². The maximum absolute atomic E-state index is 6.20. The second-order valence-electron chi connectivity index (χ2n) is 6.67. The van der Waals surface area contributed by atoms with E-state index in [2.05, 4.69) is 10.1 Å². The van der Waals surface area contributed by atoms with E-state index in [1.807, 2.05) is 0 Å². The second kappa shape index (κ2) is 5.11. The smallest absolute Gasteiger partial charge is 0.226 e. The Morgan fingerprint density at radius 1 is 1.15 bits per heavy atom. The first-order valence-electron chi connectivity index (χ1n) is 8.03. The Morgan fingerprint density at radius 3 is 2.80 bits per heavy atom. The summed E-state index contributed by atoms with van der Waals surface area (Å²) in [4.78, 5) is 4.63. The summed E-state index contributed by atoms with van der Waals surface area (Å²) < 4.78 is 11.3. The molecule has 1 saturated carbocycles. The molecule has 3 fully saturated rings. The first kappa shape index (κ1) is 12.8. The minimum Gasteiger partial charge on any atom is -0.374 e. The van der Waals surface area contributed by atoms with Crippen LogP contribution in [0.15, 0.2) is 4.52 Å². The van der Waals surface area contributed by atoms with Crippen LogP contribution in [0.3, 0.4) is 0 Å². The first-order chi connectivity index (χ1) is 9.79. The fourth-order valence-corrected chi connectivity index (χ4v) is 4.13. The van der Waals surface area contributed by atoms with Crippen LogP contribution in [0.4, 0.5) is 0 Å². The van der Waals surface area contributed by atoms with Gasteiger partial charge >= 0.3 is 0 Å². The SMILES string of the molecule is NC1CCCCC1Cc1nc(C2CC3CCC2O3)no1. The summed E-state index contributed by atoms with van der Waals surface area (Å²) in [5, 5.41) is 4.20. The van der Waals surface area contributed by atoms with Gasteiger partial charge in [0.1, 0.15) is 0 Å². The molecular weight excluding hydrogens is 254 g/mol. The standard InChI is InChI=1S/C15H23N3O2/c16-12-4-2-1-3-9(12)7-14-17-15(18-20-14)11-8-10-5-6-13(11)19-10/h9-13H,1-8,16H2.